The smallest absolute Gasteiger partial charge is 0.229 e. The highest BCUT2D eigenvalue weighted by atomic mass is 15.3. The van der Waals surface area contributed by atoms with Crippen LogP contribution >= 0.6 is 0 Å². The molecule has 2 aliphatic heterocycles. The fourth-order valence-corrected chi connectivity index (χ4v) is 8.11. The summed E-state index contributed by atoms with van der Waals surface area (Å²) in [5.74, 6) is 1.52. The number of imidazole rings is 1. The van der Waals surface area contributed by atoms with Crippen LogP contribution in [0, 0.1) is 0 Å². The number of rotatable bonds is 9. The Labute approximate surface area is 363 Å². The number of pyridine rings is 2. The van der Waals surface area contributed by atoms with Gasteiger partial charge in [0.15, 0.2) is 11.5 Å². The first-order valence-corrected chi connectivity index (χ1v) is 21.1. The molecule has 5 N–H and O–H groups in total. The standard InChI is InChI=1S/C23H23N9.C22H25N9/c1-30-8-5-19(6-9-30)32-14-18(12-27-32)28-23-25-13-21-22(29-23)31(15-26-21)20-3-2-16-4-7-24-11-17(16)10-20;1-30-8-5-19(6-9-30)31-14-18(12-26-31)28-22-25-13-20(23)21(29-22)27-17-3-2-15-4-7-24-11-16(15)10-17/h2-4,7,10-15,19H,5-6,8-9H2,1H3,(H,25,28,29);2-4,7,10-14,19H,5-6,8-9,23H2,1H3,(H2,25,27,28,29). The van der Waals surface area contributed by atoms with Crippen molar-refractivity contribution in [2.45, 2.75) is 37.8 Å². The van der Waals surface area contributed by atoms with E-state index in [1.54, 1.807) is 31.1 Å². The topological polar surface area (TPSA) is 199 Å². The van der Waals surface area contributed by atoms with Gasteiger partial charge in [0.1, 0.15) is 11.8 Å². The van der Waals surface area contributed by atoms with Crippen molar-refractivity contribution in [2.75, 3.05) is 62.0 Å². The van der Waals surface area contributed by atoms with Gasteiger partial charge in [0.2, 0.25) is 11.9 Å². The number of hydrogen-bond acceptors (Lipinski definition) is 15. The zero-order chi connectivity index (χ0) is 42.7. The molecule has 2 saturated heterocycles. The number of nitrogens with two attached hydrogens (primary N) is 1. The predicted molar refractivity (Wildman–Crippen MR) is 246 cm³/mol. The number of likely N-dealkylation sites (tertiary alicyclic amines) is 2. The number of aromatic nitrogens is 12. The third-order valence-corrected chi connectivity index (χ3v) is 11.8. The molecule has 9 aromatic rings. The van der Waals surface area contributed by atoms with Gasteiger partial charge in [-0.15, -0.1) is 0 Å². The molecule has 11 rings (SSSR count). The Hall–Kier alpha value is -7.57. The van der Waals surface area contributed by atoms with Crippen molar-refractivity contribution in [1.82, 2.24) is 68.8 Å². The second kappa shape index (κ2) is 17.4. The van der Waals surface area contributed by atoms with E-state index in [0.29, 0.717) is 35.5 Å². The molecule has 0 amide bonds. The van der Waals surface area contributed by atoms with E-state index in [0.717, 1.165) is 107 Å². The Morgan fingerprint density at radius 1 is 0.571 bits per heavy atom. The lowest BCUT2D eigenvalue weighted by molar-refractivity contribution is 0.212. The fraction of sp³-hybridized carbons (Fsp3) is 0.267. The molecule has 9 heterocycles. The number of nitrogen functional groups attached to an aromatic ring is 1. The third-order valence-electron chi connectivity index (χ3n) is 11.8. The van der Waals surface area contributed by atoms with Gasteiger partial charge < -0.3 is 31.5 Å². The first-order valence-electron chi connectivity index (χ1n) is 21.1. The van der Waals surface area contributed by atoms with Crippen LogP contribution in [0.15, 0.2) is 117 Å². The number of piperidine rings is 2. The molecular weight excluding hydrogens is 793 g/mol. The maximum absolute atomic E-state index is 6.11. The highest BCUT2D eigenvalue weighted by Crippen LogP contribution is 2.28. The molecule has 2 aliphatic rings. The summed E-state index contributed by atoms with van der Waals surface area (Å²) >= 11 is 0. The Balaban J connectivity index is 0.000000150. The quantitative estimate of drug-likeness (QED) is 0.114. The number of fused-ring (bicyclic) bond motifs is 3. The van der Waals surface area contributed by atoms with E-state index in [1.807, 2.05) is 76.8 Å². The molecule has 318 valence electrons. The molecular formula is C45H48N18. The first-order chi connectivity index (χ1) is 30.9. The van der Waals surface area contributed by atoms with Crippen LogP contribution in [-0.2, 0) is 0 Å². The van der Waals surface area contributed by atoms with Crippen LogP contribution in [0.25, 0.3) is 38.4 Å². The van der Waals surface area contributed by atoms with Gasteiger partial charge in [-0.3, -0.25) is 23.9 Å². The average Bonchev–Trinajstić information content (AvgIpc) is 4.09. The van der Waals surface area contributed by atoms with Gasteiger partial charge in [-0.2, -0.15) is 20.2 Å². The lowest BCUT2D eigenvalue weighted by Gasteiger charge is -2.28. The number of nitrogens with one attached hydrogen (secondary N) is 3. The number of benzene rings is 2. The van der Waals surface area contributed by atoms with Crippen LogP contribution in [0.2, 0.25) is 0 Å². The summed E-state index contributed by atoms with van der Waals surface area (Å²) in [4.78, 5) is 35.6. The predicted octanol–water partition coefficient (Wildman–Crippen LogP) is 7.13. The molecule has 0 saturated carbocycles. The van der Waals surface area contributed by atoms with Crippen molar-refractivity contribution in [3.63, 3.8) is 0 Å². The van der Waals surface area contributed by atoms with E-state index >= 15 is 0 Å². The van der Waals surface area contributed by atoms with Crippen LogP contribution in [0.3, 0.4) is 0 Å². The molecule has 18 heteroatoms. The minimum Gasteiger partial charge on any atom is -0.394 e. The summed E-state index contributed by atoms with van der Waals surface area (Å²) in [5.41, 5.74) is 11.7. The van der Waals surface area contributed by atoms with E-state index in [2.05, 4.69) is 103 Å². The summed E-state index contributed by atoms with van der Waals surface area (Å²) < 4.78 is 6.06. The Kier molecular flexibility index (Phi) is 10.9. The Morgan fingerprint density at radius 2 is 1.16 bits per heavy atom. The molecule has 0 bridgehead atoms. The van der Waals surface area contributed by atoms with E-state index in [4.69, 9.17) is 10.7 Å². The second-order valence-corrected chi connectivity index (χ2v) is 16.2. The van der Waals surface area contributed by atoms with Crippen LogP contribution in [0.4, 0.5) is 40.5 Å². The normalized spacial score (nSPS) is 15.4. The molecule has 0 aliphatic carbocycles. The van der Waals surface area contributed by atoms with Crippen molar-refractivity contribution in [3.05, 3.63) is 117 Å². The number of anilines is 7. The van der Waals surface area contributed by atoms with Crippen LogP contribution in [0.5, 0.6) is 0 Å². The lowest BCUT2D eigenvalue weighted by Crippen LogP contribution is -2.31. The molecule has 0 unspecified atom stereocenters. The van der Waals surface area contributed by atoms with E-state index in [9.17, 15) is 0 Å². The van der Waals surface area contributed by atoms with Gasteiger partial charge in [0.05, 0.1) is 53.9 Å². The minimum atomic E-state index is 0.429. The Morgan fingerprint density at radius 3 is 1.81 bits per heavy atom. The van der Waals surface area contributed by atoms with Crippen molar-refractivity contribution < 1.29 is 0 Å². The maximum atomic E-state index is 6.11. The molecule has 63 heavy (non-hydrogen) atoms. The van der Waals surface area contributed by atoms with E-state index < -0.39 is 0 Å². The molecule has 0 spiro atoms. The number of hydrogen-bond donors (Lipinski definition) is 4. The molecule has 2 aromatic carbocycles. The summed E-state index contributed by atoms with van der Waals surface area (Å²) in [6, 6.07) is 17.1. The monoisotopic (exact) mass is 840 g/mol. The summed E-state index contributed by atoms with van der Waals surface area (Å²) in [6.45, 7) is 4.38. The highest BCUT2D eigenvalue weighted by molar-refractivity contribution is 5.86. The van der Waals surface area contributed by atoms with Gasteiger partial charge in [-0.25, -0.2) is 15.0 Å². The molecule has 7 aromatic heterocycles. The van der Waals surface area contributed by atoms with Crippen LogP contribution < -0.4 is 21.7 Å². The van der Waals surface area contributed by atoms with Gasteiger partial charge in [-0.05, 0) is 113 Å². The molecule has 2 fully saturated rings. The molecule has 0 radical (unpaired) electrons. The van der Waals surface area contributed by atoms with E-state index in [1.165, 1.54) is 0 Å². The van der Waals surface area contributed by atoms with Crippen LogP contribution in [0.1, 0.15) is 37.8 Å². The number of nitrogens with zero attached hydrogens (tertiary/aromatic N) is 14. The van der Waals surface area contributed by atoms with Crippen molar-refractivity contribution in [1.29, 1.82) is 0 Å². The summed E-state index contributed by atoms with van der Waals surface area (Å²) in [5, 5.41) is 23.3. The zero-order valence-corrected chi connectivity index (χ0v) is 35.1. The van der Waals surface area contributed by atoms with Crippen molar-refractivity contribution >= 4 is 73.2 Å². The summed E-state index contributed by atoms with van der Waals surface area (Å²) in [6.07, 6.45) is 24.5. The fourth-order valence-electron chi connectivity index (χ4n) is 8.11. The van der Waals surface area contributed by atoms with Crippen molar-refractivity contribution in [3.8, 4) is 5.69 Å². The average molecular weight is 841 g/mol. The zero-order valence-electron chi connectivity index (χ0n) is 35.1. The lowest BCUT2D eigenvalue weighted by atomic mass is 10.1. The minimum absolute atomic E-state index is 0.429. The van der Waals surface area contributed by atoms with Gasteiger partial charge in [0, 0.05) is 59.3 Å². The third kappa shape index (κ3) is 8.93. The van der Waals surface area contributed by atoms with E-state index in [-0.39, 0.29) is 0 Å². The van der Waals surface area contributed by atoms with Gasteiger partial charge in [-0.1, -0.05) is 12.1 Å². The largest absolute Gasteiger partial charge is 0.394 e. The molecule has 18 nitrogen and oxygen atoms in total. The second-order valence-electron chi connectivity index (χ2n) is 16.2. The van der Waals surface area contributed by atoms with Crippen LogP contribution in [-0.4, -0.2) is 109 Å². The Bertz CT molecular complexity index is 2990. The van der Waals surface area contributed by atoms with Gasteiger partial charge >= 0.3 is 0 Å². The first kappa shape index (κ1) is 39.6. The molecule has 0 atom stereocenters. The SMILES string of the molecule is CN1CCC(n2cc(Nc3ncc(N)c(Nc4ccc5ccncc5c4)n3)cn2)CC1.CN1CCC(n2cc(Nc3ncc4ncn(-c5ccc6ccncc6c5)c4n3)cn2)CC1. The maximum Gasteiger partial charge on any atom is 0.229 e. The van der Waals surface area contributed by atoms with Gasteiger partial charge in [0.25, 0.3) is 0 Å². The summed E-state index contributed by atoms with van der Waals surface area (Å²) in [7, 11) is 4.32. The highest BCUT2D eigenvalue weighted by Gasteiger charge is 2.21. The van der Waals surface area contributed by atoms with Crippen molar-refractivity contribution in [2.24, 2.45) is 0 Å².